The van der Waals surface area contributed by atoms with Crippen LogP contribution >= 0.6 is 0 Å². The lowest BCUT2D eigenvalue weighted by Gasteiger charge is -2.37. The van der Waals surface area contributed by atoms with Crippen LogP contribution in [0.15, 0.2) is 0 Å². The maximum absolute atomic E-state index is 5.10. The van der Waals surface area contributed by atoms with Crippen LogP contribution in [-0.4, -0.2) is 50.8 Å². The molecule has 0 saturated carbocycles. The molecule has 0 amide bonds. The molecule has 0 aromatic carbocycles. The summed E-state index contributed by atoms with van der Waals surface area (Å²) in [4.78, 5) is 2.42. The van der Waals surface area contributed by atoms with Crippen molar-refractivity contribution < 1.29 is 4.74 Å². The summed E-state index contributed by atoms with van der Waals surface area (Å²) in [5.74, 6) is 0.758. The molecule has 90 valence electrons. The third kappa shape index (κ3) is 4.49. The second-order valence-electron chi connectivity index (χ2n) is 4.98. The van der Waals surface area contributed by atoms with E-state index in [1.165, 1.54) is 19.5 Å². The first-order valence-electron chi connectivity index (χ1n) is 6.07. The molecule has 1 N–H and O–H groups in total. The molecule has 1 aliphatic rings. The monoisotopic (exact) mass is 214 g/mol. The predicted octanol–water partition coefficient (Wildman–Crippen LogP) is 1.34. The Labute approximate surface area is 94.2 Å². The highest BCUT2D eigenvalue weighted by Crippen LogP contribution is 2.16. The van der Waals surface area contributed by atoms with Crippen molar-refractivity contribution in [3.05, 3.63) is 0 Å². The number of hydrogen-bond donors (Lipinski definition) is 1. The highest BCUT2D eigenvalue weighted by molar-refractivity contribution is 4.83. The standard InChI is InChI=1S/C12H26N2O/c1-10-9-14(3)7-5-12(10)13-11(2)6-8-15-4/h10-13H,5-9H2,1-4H3. The van der Waals surface area contributed by atoms with Crippen molar-refractivity contribution in [2.75, 3.05) is 33.9 Å². The highest BCUT2D eigenvalue weighted by Gasteiger charge is 2.24. The zero-order valence-corrected chi connectivity index (χ0v) is 10.6. The van der Waals surface area contributed by atoms with E-state index in [9.17, 15) is 0 Å². The molecular formula is C12H26N2O. The van der Waals surface area contributed by atoms with Crippen molar-refractivity contribution >= 4 is 0 Å². The quantitative estimate of drug-likeness (QED) is 0.747. The molecule has 0 aromatic heterocycles. The van der Waals surface area contributed by atoms with E-state index in [4.69, 9.17) is 4.74 Å². The van der Waals surface area contributed by atoms with E-state index in [-0.39, 0.29) is 0 Å². The lowest BCUT2D eigenvalue weighted by atomic mass is 9.93. The molecule has 1 rings (SSSR count). The van der Waals surface area contributed by atoms with Crippen LogP contribution in [0, 0.1) is 5.92 Å². The molecule has 0 aromatic rings. The Balaban J connectivity index is 2.25. The molecular weight excluding hydrogens is 188 g/mol. The van der Waals surface area contributed by atoms with Gasteiger partial charge in [0.2, 0.25) is 0 Å². The van der Waals surface area contributed by atoms with E-state index in [2.05, 4.69) is 31.1 Å². The summed E-state index contributed by atoms with van der Waals surface area (Å²) in [6.07, 6.45) is 2.38. The van der Waals surface area contributed by atoms with Crippen LogP contribution in [0.4, 0.5) is 0 Å². The zero-order chi connectivity index (χ0) is 11.3. The summed E-state index contributed by atoms with van der Waals surface area (Å²) in [6, 6.07) is 1.26. The second kappa shape index (κ2) is 6.46. The van der Waals surface area contributed by atoms with Gasteiger partial charge in [-0.15, -0.1) is 0 Å². The molecule has 1 heterocycles. The topological polar surface area (TPSA) is 24.5 Å². The molecule has 0 radical (unpaired) electrons. The Morgan fingerprint density at radius 3 is 2.87 bits per heavy atom. The zero-order valence-electron chi connectivity index (χ0n) is 10.6. The summed E-state index contributed by atoms with van der Waals surface area (Å²) in [5, 5.41) is 3.72. The molecule has 3 heteroatoms. The van der Waals surface area contributed by atoms with Crippen LogP contribution in [0.2, 0.25) is 0 Å². The molecule has 1 saturated heterocycles. The molecule has 1 aliphatic heterocycles. The Morgan fingerprint density at radius 2 is 2.27 bits per heavy atom. The van der Waals surface area contributed by atoms with Crippen LogP contribution < -0.4 is 5.32 Å². The molecule has 0 aliphatic carbocycles. The van der Waals surface area contributed by atoms with E-state index >= 15 is 0 Å². The molecule has 1 fully saturated rings. The number of nitrogens with zero attached hydrogens (tertiary/aromatic N) is 1. The van der Waals surface area contributed by atoms with Gasteiger partial charge < -0.3 is 15.0 Å². The number of methoxy groups -OCH3 is 1. The average molecular weight is 214 g/mol. The van der Waals surface area contributed by atoms with Crippen molar-refractivity contribution in [2.24, 2.45) is 5.92 Å². The maximum atomic E-state index is 5.10. The van der Waals surface area contributed by atoms with E-state index < -0.39 is 0 Å². The molecule has 3 nitrogen and oxygen atoms in total. The van der Waals surface area contributed by atoms with Gasteiger partial charge in [-0.25, -0.2) is 0 Å². The Morgan fingerprint density at radius 1 is 1.53 bits per heavy atom. The fraction of sp³-hybridized carbons (Fsp3) is 1.00. The Kier molecular flexibility index (Phi) is 5.58. The SMILES string of the molecule is COCCC(C)NC1CCN(C)CC1C. The smallest absolute Gasteiger partial charge is 0.0476 e. The summed E-state index contributed by atoms with van der Waals surface area (Å²) in [6.45, 7) is 7.89. The minimum absolute atomic E-state index is 0.570. The number of nitrogens with one attached hydrogen (secondary N) is 1. The fourth-order valence-electron chi connectivity index (χ4n) is 2.35. The predicted molar refractivity (Wildman–Crippen MR) is 64.2 cm³/mol. The van der Waals surface area contributed by atoms with Crippen molar-refractivity contribution in [3.8, 4) is 0 Å². The van der Waals surface area contributed by atoms with Gasteiger partial charge in [0.15, 0.2) is 0 Å². The van der Waals surface area contributed by atoms with Gasteiger partial charge in [-0.3, -0.25) is 0 Å². The van der Waals surface area contributed by atoms with E-state index in [0.717, 1.165) is 18.9 Å². The van der Waals surface area contributed by atoms with E-state index in [0.29, 0.717) is 12.1 Å². The highest BCUT2D eigenvalue weighted by atomic mass is 16.5. The second-order valence-corrected chi connectivity index (χ2v) is 4.98. The Bertz CT molecular complexity index is 175. The first kappa shape index (κ1) is 12.9. The third-order valence-electron chi connectivity index (χ3n) is 3.36. The molecule has 0 spiro atoms. The van der Waals surface area contributed by atoms with Crippen LogP contribution in [0.25, 0.3) is 0 Å². The minimum Gasteiger partial charge on any atom is -0.385 e. The van der Waals surface area contributed by atoms with Crippen molar-refractivity contribution in [1.82, 2.24) is 10.2 Å². The van der Waals surface area contributed by atoms with Crippen molar-refractivity contribution in [1.29, 1.82) is 0 Å². The summed E-state index contributed by atoms with van der Waals surface area (Å²) in [7, 11) is 3.98. The number of likely N-dealkylation sites (tertiary alicyclic amines) is 1. The van der Waals surface area contributed by atoms with Gasteiger partial charge in [-0.1, -0.05) is 6.92 Å². The summed E-state index contributed by atoms with van der Waals surface area (Å²) in [5.41, 5.74) is 0. The first-order valence-corrected chi connectivity index (χ1v) is 6.07. The number of rotatable bonds is 5. The number of piperidine rings is 1. The number of ether oxygens (including phenoxy) is 1. The van der Waals surface area contributed by atoms with Gasteiger partial charge in [0.25, 0.3) is 0 Å². The van der Waals surface area contributed by atoms with Crippen LogP contribution in [-0.2, 0) is 4.74 Å². The van der Waals surface area contributed by atoms with Gasteiger partial charge >= 0.3 is 0 Å². The summed E-state index contributed by atoms with van der Waals surface area (Å²) < 4.78 is 5.10. The fourth-order valence-corrected chi connectivity index (χ4v) is 2.35. The summed E-state index contributed by atoms with van der Waals surface area (Å²) >= 11 is 0. The van der Waals surface area contributed by atoms with Gasteiger partial charge in [0.05, 0.1) is 0 Å². The van der Waals surface area contributed by atoms with Crippen molar-refractivity contribution in [3.63, 3.8) is 0 Å². The average Bonchev–Trinajstić information content (AvgIpc) is 2.19. The molecule has 15 heavy (non-hydrogen) atoms. The Hall–Kier alpha value is -0.120. The van der Waals surface area contributed by atoms with Crippen molar-refractivity contribution in [2.45, 2.75) is 38.8 Å². The molecule has 3 atom stereocenters. The van der Waals surface area contributed by atoms with Gasteiger partial charge in [0.1, 0.15) is 0 Å². The lowest BCUT2D eigenvalue weighted by molar-refractivity contribution is 0.151. The van der Waals surface area contributed by atoms with Gasteiger partial charge in [0, 0.05) is 32.3 Å². The largest absolute Gasteiger partial charge is 0.385 e. The minimum atomic E-state index is 0.570. The van der Waals surface area contributed by atoms with E-state index in [1.807, 2.05) is 0 Å². The van der Waals surface area contributed by atoms with Gasteiger partial charge in [-0.2, -0.15) is 0 Å². The third-order valence-corrected chi connectivity index (χ3v) is 3.36. The maximum Gasteiger partial charge on any atom is 0.0476 e. The van der Waals surface area contributed by atoms with Crippen LogP contribution in [0.1, 0.15) is 26.7 Å². The number of hydrogen-bond acceptors (Lipinski definition) is 3. The molecule has 3 unspecified atom stereocenters. The van der Waals surface area contributed by atoms with Gasteiger partial charge in [-0.05, 0) is 39.3 Å². The lowest BCUT2D eigenvalue weighted by Crippen LogP contribution is -2.49. The van der Waals surface area contributed by atoms with Crippen LogP contribution in [0.3, 0.4) is 0 Å². The van der Waals surface area contributed by atoms with E-state index in [1.54, 1.807) is 7.11 Å². The molecule has 0 bridgehead atoms. The normalized spacial score (nSPS) is 30.4. The van der Waals surface area contributed by atoms with Crippen LogP contribution in [0.5, 0.6) is 0 Å². The first-order chi connectivity index (χ1) is 7.13.